The lowest BCUT2D eigenvalue weighted by molar-refractivity contribution is 0.670. The minimum atomic E-state index is 0.907. The summed E-state index contributed by atoms with van der Waals surface area (Å²) in [4.78, 5) is 2.33. The van der Waals surface area contributed by atoms with Crippen molar-refractivity contribution < 1.29 is 4.42 Å². The van der Waals surface area contributed by atoms with E-state index in [1.54, 1.807) is 0 Å². The van der Waals surface area contributed by atoms with Gasteiger partial charge < -0.3 is 9.32 Å². The van der Waals surface area contributed by atoms with E-state index in [0.29, 0.717) is 0 Å². The number of hydrogen-bond acceptors (Lipinski definition) is 2. The fraction of sp³-hybridized carbons (Fsp3) is 0. The predicted octanol–water partition coefficient (Wildman–Crippen LogP) is 13.2. The van der Waals surface area contributed by atoms with E-state index < -0.39 is 0 Å². The van der Waals surface area contributed by atoms with Crippen molar-refractivity contribution in [2.45, 2.75) is 0 Å². The van der Waals surface area contributed by atoms with E-state index in [1.165, 1.54) is 33.0 Å². The molecule has 48 heavy (non-hydrogen) atoms. The normalized spacial score (nSPS) is 11.3. The topological polar surface area (TPSA) is 16.4 Å². The number of hydrogen-bond donors (Lipinski definition) is 0. The Bertz CT molecular complexity index is 2530. The SMILES string of the molecule is c1ccc(-c2cccc(N(c3ccccc3)c3ccc(-c4cccc5c4cc(-c4ccccc4)c4oc6ccccc6c45)cc3)c2)cc1. The summed E-state index contributed by atoms with van der Waals surface area (Å²) in [5, 5.41) is 4.70. The molecule has 2 heteroatoms. The smallest absolute Gasteiger partial charge is 0.143 e. The lowest BCUT2D eigenvalue weighted by Crippen LogP contribution is -2.09. The van der Waals surface area contributed by atoms with Crippen LogP contribution in [0.4, 0.5) is 17.1 Å². The Labute approximate surface area is 279 Å². The van der Waals surface area contributed by atoms with Crippen molar-refractivity contribution in [2.75, 3.05) is 4.90 Å². The van der Waals surface area contributed by atoms with E-state index in [2.05, 4.69) is 187 Å². The van der Waals surface area contributed by atoms with Crippen LogP contribution in [0.1, 0.15) is 0 Å². The van der Waals surface area contributed by atoms with Gasteiger partial charge in [-0.1, -0.05) is 140 Å². The molecule has 0 bridgehead atoms. The van der Waals surface area contributed by atoms with Crippen molar-refractivity contribution in [3.8, 4) is 33.4 Å². The van der Waals surface area contributed by atoms with Crippen LogP contribution in [-0.4, -0.2) is 0 Å². The molecule has 0 amide bonds. The Morgan fingerprint density at radius 3 is 1.67 bits per heavy atom. The summed E-state index contributed by atoms with van der Waals surface area (Å²) in [6, 6.07) is 66.8. The maximum atomic E-state index is 6.55. The Kier molecular flexibility index (Phi) is 6.84. The molecular formula is C46H31NO. The van der Waals surface area contributed by atoms with Gasteiger partial charge in [-0.3, -0.25) is 0 Å². The van der Waals surface area contributed by atoms with Gasteiger partial charge in [0.15, 0.2) is 0 Å². The highest BCUT2D eigenvalue weighted by atomic mass is 16.3. The third-order valence-electron chi connectivity index (χ3n) is 9.25. The Hall–Kier alpha value is -6.38. The molecule has 0 aliphatic heterocycles. The molecule has 226 valence electrons. The summed E-state index contributed by atoms with van der Waals surface area (Å²) in [5.41, 5.74) is 12.2. The molecule has 9 rings (SSSR count). The minimum absolute atomic E-state index is 0.907. The predicted molar refractivity (Wildman–Crippen MR) is 202 cm³/mol. The zero-order valence-corrected chi connectivity index (χ0v) is 26.3. The molecule has 0 aliphatic rings. The van der Waals surface area contributed by atoms with Crippen LogP contribution in [0.25, 0.3) is 66.1 Å². The van der Waals surface area contributed by atoms with E-state index >= 15 is 0 Å². The van der Waals surface area contributed by atoms with Crippen LogP contribution in [0.3, 0.4) is 0 Å². The molecule has 0 saturated heterocycles. The van der Waals surface area contributed by atoms with Gasteiger partial charge >= 0.3 is 0 Å². The highest BCUT2D eigenvalue weighted by Gasteiger charge is 2.19. The molecule has 0 aliphatic carbocycles. The van der Waals surface area contributed by atoms with Crippen LogP contribution < -0.4 is 4.90 Å². The fourth-order valence-electron chi connectivity index (χ4n) is 7.00. The standard InChI is InChI=1S/C46H31NO/c1-4-14-32(15-5-1)35-18-12-21-38(30-35)47(36-19-8-3-9-20-36)37-28-26-34(27-29-37)39-23-13-24-40-43(39)31-42(33-16-6-2-7-17-33)46-45(40)41-22-10-11-25-44(41)48-46/h1-31H. The Morgan fingerprint density at radius 1 is 0.333 bits per heavy atom. The van der Waals surface area contributed by atoms with Crippen LogP contribution in [0, 0.1) is 0 Å². The lowest BCUT2D eigenvalue weighted by Gasteiger charge is -2.26. The molecule has 0 atom stereocenters. The number of rotatable bonds is 6. The molecule has 1 aromatic heterocycles. The molecule has 0 unspecified atom stereocenters. The highest BCUT2D eigenvalue weighted by Crippen LogP contribution is 2.44. The number of nitrogens with zero attached hydrogens (tertiary/aromatic N) is 1. The second-order valence-corrected chi connectivity index (χ2v) is 12.1. The first-order valence-corrected chi connectivity index (χ1v) is 16.4. The van der Waals surface area contributed by atoms with Gasteiger partial charge in [-0.05, 0) is 87.1 Å². The van der Waals surface area contributed by atoms with Crippen molar-refractivity contribution in [2.24, 2.45) is 0 Å². The van der Waals surface area contributed by atoms with E-state index in [1.807, 2.05) is 6.07 Å². The molecule has 0 N–H and O–H groups in total. The molecule has 1 heterocycles. The molecule has 9 aromatic rings. The van der Waals surface area contributed by atoms with Crippen molar-refractivity contribution in [3.05, 3.63) is 188 Å². The third-order valence-corrected chi connectivity index (χ3v) is 9.25. The second-order valence-electron chi connectivity index (χ2n) is 12.1. The first-order valence-electron chi connectivity index (χ1n) is 16.4. The Morgan fingerprint density at radius 2 is 0.896 bits per heavy atom. The molecule has 0 fully saturated rings. The lowest BCUT2D eigenvalue weighted by atomic mass is 9.91. The number of para-hydroxylation sites is 2. The number of anilines is 3. The van der Waals surface area contributed by atoms with Gasteiger partial charge in [-0.25, -0.2) is 0 Å². The van der Waals surface area contributed by atoms with Crippen molar-refractivity contribution in [1.29, 1.82) is 0 Å². The fourth-order valence-corrected chi connectivity index (χ4v) is 7.00. The summed E-state index contributed by atoms with van der Waals surface area (Å²) in [5.74, 6) is 0. The molecular weight excluding hydrogens is 583 g/mol. The maximum Gasteiger partial charge on any atom is 0.143 e. The first-order chi connectivity index (χ1) is 23.8. The van der Waals surface area contributed by atoms with Crippen molar-refractivity contribution in [3.63, 3.8) is 0 Å². The number of fused-ring (bicyclic) bond motifs is 5. The van der Waals surface area contributed by atoms with E-state index in [-0.39, 0.29) is 0 Å². The van der Waals surface area contributed by atoms with Gasteiger partial charge in [0.05, 0.1) is 0 Å². The first kappa shape index (κ1) is 27.9. The van der Waals surface area contributed by atoms with Crippen LogP contribution >= 0.6 is 0 Å². The summed E-state index contributed by atoms with van der Waals surface area (Å²) < 4.78 is 6.55. The largest absolute Gasteiger partial charge is 0.455 e. The summed E-state index contributed by atoms with van der Waals surface area (Å²) >= 11 is 0. The van der Waals surface area contributed by atoms with Crippen molar-refractivity contribution >= 4 is 49.8 Å². The summed E-state index contributed by atoms with van der Waals surface area (Å²) in [6.07, 6.45) is 0. The van der Waals surface area contributed by atoms with E-state index in [9.17, 15) is 0 Å². The number of benzene rings is 8. The van der Waals surface area contributed by atoms with Crippen LogP contribution in [0.15, 0.2) is 192 Å². The molecule has 8 aromatic carbocycles. The zero-order valence-electron chi connectivity index (χ0n) is 26.3. The Balaban J connectivity index is 1.20. The van der Waals surface area contributed by atoms with Gasteiger partial charge in [-0.2, -0.15) is 0 Å². The van der Waals surface area contributed by atoms with Crippen molar-refractivity contribution in [1.82, 2.24) is 0 Å². The summed E-state index contributed by atoms with van der Waals surface area (Å²) in [7, 11) is 0. The molecule has 0 saturated carbocycles. The number of furan rings is 1. The maximum absolute atomic E-state index is 6.55. The van der Waals surface area contributed by atoms with Gasteiger partial charge in [-0.15, -0.1) is 0 Å². The minimum Gasteiger partial charge on any atom is -0.455 e. The monoisotopic (exact) mass is 613 g/mol. The molecule has 0 radical (unpaired) electrons. The van der Waals surface area contributed by atoms with Gasteiger partial charge in [0, 0.05) is 33.4 Å². The average Bonchev–Trinajstić information content (AvgIpc) is 3.56. The van der Waals surface area contributed by atoms with Crippen LogP contribution in [0.5, 0.6) is 0 Å². The van der Waals surface area contributed by atoms with Crippen LogP contribution in [0.2, 0.25) is 0 Å². The van der Waals surface area contributed by atoms with Gasteiger partial charge in [0.1, 0.15) is 11.2 Å². The van der Waals surface area contributed by atoms with Gasteiger partial charge in [0.2, 0.25) is 0 Å². The molecule has 0 spiro atoms. The zero-order chi connectivity index (χ0) is 31.9. The van der Waals surface area contributed by atoms with E-state index in [0.717, 1.165) is 50.1 Å². The molecule has 2 nitrogen and oxygen atoms in total. The average molecular weight is 614 g/mol. The third kappa shape index (κ3) is 4.83. The highest BCUT2D eigenvalue weighted by molar-refractivity contribution is 6.24. The second kappa shape index (κ2) is 11.8. The van der Waals surface area contributed by atoms with Gasteiger partial charge in [0.25, 0.3) is 0 Å². The van der Waals surface area contributed by atoms with Crippen LogP contribution in [-0.2, 0) is 0 Å². The summed E-state index contributed by atoms with van der Waals surface area (Å²) in [6.45, 7) is 0. The quantitative estimate of drug-likeness (QED) is 0.185. The van der Waals surface area contributed by atoms with E-state index in [4.69, 9.17) is 4.42 Å².